The van der Waals surface area contributed by atoms with Crippen LogP contribution in [0.1, 0.15) is 21.5 Å². The van der Waals surface area contributed by atoms with Crippen molar-refractivity contribution < 1.29 is 4.79 Å². The van der Waals surface area contributed by atoms with Gasteiger partial charge in [-0.15, -0.1) is 0 Å². The van der Waals surface area contributed by atoms with Gasteiger partial charge in [-0.3, -0.25) is 9.78 Å². The summed E-state index contributed by atoms with van der Waals surface area (Å²) in [6.07, 6.45) is 2.66. The number of hydrogen-bond donors (Lipinski definition) is 0. The number of amides is 1. The molecule has 2 aromatic carbocycles. The third-order valence-electron chi connectivity index (χ3n) is 4.24. The van der Waals surface area contributed by atoms with Gasteiger partial charge in [0.15, 0.2) is 0 Å². The summed E-state index contributed by atoms with van der Waals surface area (Å²) in [6.45, 7) is 2.76. The summed E-state index contributed by atoms with van der Waals surface area (Å²) in [5, 5.41) is 1.06. The van der Waals surface area contributed by atoms with E-state index in [-0.39, 0.29) is 5.91 Å². The first kappa shape index (κ1) is 13.0. The molecule has 0 saturated heterocycles. The Kier molecular flexibility index (Phi) is 2.93. The van der Waals surface area contributed by atoms with Gasteiger partial charge in [0.2, 0.25) is 0 Å². The number of nitrogens with zero attached hydrogens (tertiary/aromatic N) is 2. The van der Waals surface area contributed by atoms with Gasteiger partial charge < -0.3 is 4.90 Å². The molecule has 0 radical (unpaired) electrons. The Balaban J connectivity index is 1.83. The maximum Gasteiger partial charge on any atom is 0.258 e. The topological polar surface area (TPSA) is 33.2 Å². The van der Waals surface area contributed by atoms with Crippen LogP contribution in [0.5, 0.6) is 0 Å². The van der Waals surface area contributed by atoms with Gasteiger partial charge >= 0.3 is 0 Å². The molecule has 3 nitrogen and oxygen atoms in total. The Morgan fingerprint density at radius 2 is 1.95 bits per heavy atom. The lowest BCUT2D eigenvalue weighted by atomic mass is 9.96. The number of anilines is 1. The molecular formula is C19H16N2O. The first-order chi connectivity index (χ1) is 10.7. The number of carbonyl (C=O) groups is 1. The lowest BCUT2D eigenvalue weighted by Crippen LogP contribution is -2.37. The zero-order valence-corrected chi connectivity index (χ0v) is 12.4. The van der Waals surface area contributed by atoms with Gasteiger partial charge in [-0.1, -0.05) is 35.9 Å². The first-order valence-electron chi connectivity index (χ1n) is 7.49. The molecule has 0 saturated carbocycles. The fourth-order valence-corrected chi connectivity index (χ4v) is 3.15. The highest BCUT2D eigenvalue weighted by Crippen LogP contribution is 2.29. The molecule has 3 aromatic rings. The van der Waals surface area contributed by atoms with Crippen LogP contribution in [0.25, 0.3) is 10.9 Å². The summed E-state index contributed by atoms with van der Waals surface area (Å²) in [5.74, 6) is 0.0689. The van der Waals surface area contributed by atoms with Gasteiger partial charge in [0.1, 0.15) is 0 Å². The zero-order valence-electron chi connectivity index (χ0n) is 12.4. The Labute approximate surface area is 129 Å². The Hall–Kier alpha value is -2.68. The van der Waals surface area contributed by atoms with Crippen LogP contribution in [-0.2, 0) is 6.42 Å². The molecule has 0 spiro atoms. The summed E-state index contributed by atoms with van der Waals surface area (Å²) in [7, 11) is 0. The van der Waals surface area contributed by atoms with E-state index in [1.165, 1.54) is 5.56 Å². The first-order valence-corrected chi connectivity index (χ1v) is 7.49. The minimum atomic E-state index is 0.0689. The van der Waals surface area contributed by atoms with Gasteiger partial charge in [0.25, 0.3) is 5.91 Å². The summed E-state index contributed by atoms with van der Waals surface area (Å²) in [4.78, 5) is 19.2. The highest BCUT2D eigenvalue weighted by atomic mass is 16.2. The quantitative estimate of drug-likeness (QED) is 0.683. The van der Waals surface area contributed by atoms with Gasteiger partial charge in [-0.2, -0.15) is 0 Å². The van der Waals surface area contributed by atoms with E-state index in [4.69, 9.17) is 0 Å². The van der Waals surface area contributed by atoms with Crippen LogP contribution in [-0.4, -0.2) is 17.4 Å². The second kappa shape index (κ2) is 4.95. The molecule has 0 bridgehead atoms. The van der Waals surface area contributed by atoms with E-state index in [0.717, 1.165) is 34.1 Å². The van der Waals surface area contributed by atoms with Crippen LogP contribution in [0.3, 0.4) is 0 Å². The Bertz CT molecular complexity index is 880. The molecular weight excluding hydrogens is 272 g/mol. The fourth-order valence-electron chi connectivity index (χ4n) is 3.15. The van der Waals surface area contributed by atoms with E-state index in [1.54, 1.807) is 6.20 Å². The second-order valence-electron chi connectivity index (χ2n) is 5.72. The minimum Gasteiger partial charge on any atom is -0.306 e. The molecule has 2 heterocycles. The largest absolute Gasteiger partial charge is 0.306 e. The Morgan fingerprint density at radius 1 is 1.09 bits per heavy atom. The normalized spacial score (nSPS) is 14.2. The average molecular weight is 288 g/mol. The van der Waals surface area contributed by atoms with E-state index >= 15 is 0 Å². The molecule has 1 aliphatic heterocycles. The van der Waals surface area contributed by atoms with Crippen LogP contribution in [0.4, 0.5) is 5.69 Å². The maximum atomic E-state index is 12.9. The highest BCUT2D eigenvalue weighted by Gasteiger charge is 2.26. The van der Waals surface area contributed by atoms with E-state index in [2.05, 4.69) is 18.0 Å². The monoisotopic (exact) mass is 288 g/mol. The number of aromatic nitrogens is 1. The zero-order chi connectivity index (χ0) is 15.1. The van der Waals surface area contributed by atoms with Crippen molar-refractivity contribution in [1.29, 1.82) is 0 Å². The van der Waals surface area contributed by atoms with Gasteiger partial charge in [0, 0.05) is 23.7 Å². The SMILES string of the molecule is Cc1ccc2c(c1)CCN(c1cccc3cccnc13)C2=O. The molecule has 22 heavy (non-hydrogen) atoms. The van der Waals surface area contributed by atoms with Crippen LogP contribution in [0.2, 0.25) is 0 Å². The predicted molar refractivity (Wildman–Crippen MR) is 88.3 cm³/mol. The van der Waals surface area contributed by atoms with E-state index < -0.39 is 0 Å². The van der Waals surface area contributed by atoms with Crippen molar-refractivity contribution in [3.8, 4) is 0 Å². The number of benzene rings is 2. The molecule has 1 aromatic heterocycles. The summed E-state index contributed by atoms with van der Waals surface area (Å²) in [5.41, 5.74) is 4.94. The molecule has 0 N–H and O–H groups in total. The average Bonchev–Trinajstić information content (AvgIpc) is 2.55. The predicted octanol–water partition coefficient (Wildman–Crippen LogP) is 3.75. The van der Waals surface area contributed by atoms with Gasteiger partial charge in [-0.25, -0.2) is 0 Å². The highest BCUT2D eigenvalue weighted by molar-refractivity contribution is 6.11. The van der Waals surface area contributed by atoms with Crippen molar-refractivity contribution in [1.82, 2.24) is 4.98 Å². The second-order valence-corrected chi connectivity index (χ2v) is 5.72. The number of hydrogen-bond acceptors (Lipinski definition) is 2. The summed E-state index contributed by atoms with van der Waals surface area (Å²) >= 11 is 0. The molecule has 1 amide bonds. The molecule has 3 heteroatoms. The molecule has 0 aliphatic carbocycles. The van der Waals surface area contributed by atoms with Crippen molar-refractivity contribution in [3.63, 3.8) is 0 Å². The van der Waals surface area contributed by atoms with Gasteiger partial charge in [-0.05, 0) is 37.1 Å². The van der Waals surface area contributed by atoms with Crippen molar-refractivity contribution in [2.75, 3.05) is 11.4 Å². The molecule has 0 atom stereocenters. The standard InChI is InChI=1S/C19H16N2O/c1-13-7-8-16-15(12-13)9-11-21(19(16)22)17-6-2-4-14-5-3-10-20-18(14)17/h2-8,10,12H,9,11H2,1H3. The van der Waals surface area contributed by atoms with Crippen molar-refractivity contribution in [2.45, 2.75) is 13.3 Å². The summed E-state index contributed by atoms with van der Waals surface area (Å²) < 4.78 is 0. The van der Waals surface area contributed by atoms with Gasteiger partial charge in [0.05, 0.1) is 11.2 Å². The van der Waals surface area contributed by atoms with Crippen molar-refractivity contribution in [3.05, 3.63) is 71.4 Å². The lowest BCUT2D eigenvalue weighted by Gasteiger charge is -2.29. The van der Waals surface area contributed by atoms with E-state index in [1.807, 2.05) is 47.4 Å². The number of fused-ring (bicyclic) bond motifs is 2. The van der Waals surface area contributed by atoms with Crippen molar-refractivity contribution in [2.24, 2.45) is 0 Å². The molecule has 0 fully saturated rings. The van der Waals surface area contributed by atoms with Crippen LogP contribution in [0.15, 0.2) is 54.7 Å². The van der Waals surface area contributed by atoms with Crippen LogP contribution >= 0.6 is 0 Å². The summed E-state index contributed by atoms with van der Waals surface area (Å²) in [6, 6.07) is 16.0. The van der Waals surface area contributed by atoms with Crippen molar-refractivity contribution >= 4 is 22.5 Å². The number of aryl methyl sites for hydroxylation is 1. The third kappa shape index (κ3) is 1.98. The van der Waals surface area contributed by atoms with E-state index in [0.29, 0.717) is 6.54 Å². The van der Waals surface area contributed by atoms with Crippen LogP contribution in [0, 0.1) is 6.92 Å². The third-order valence-corrected chi connectivity index (χ3v) is 4.24. The number of pyridine rings is 1. The number of para-hydroxylation sites is 1. The fraction of sp³-hybridized carbons (Fsp3) is 0.158. The molecule has 4 rings (SSSR count). The lowest BCUT2D eigenvalue weighted by molar-refractivity contribution is 0.0981. The molecule has 0 unspecified atom stereocenters. The van der Waals surface area contributed by atoms with Crippen LogP contribution < -0.4 is 4.90 Å². The maximum absolute atomic E-state index is 12.9. The molecule has 108 valence electrons. The Morgan fingerprint density at radius 3 is 2.86 bits per heavy atom. The minimum absolute atomic E-state index is 0.0689. The number of rotatable bonds is 1. The molecule has 1 aliphatic rings. The smallest absolute Gasteiger partial charge is 0.258 e. The van der Waals surface area contributed by atoms with E-state index in [9.17, 15) is 4.79 Å². The number of carbonyl (C=O) groups excluding carboxylic acids is 1.